The SMILES string of the molecule is CCCCN(CC(=O)N(Cc1ccco1)CC1CCCO1)C(=O)NC(C)(C)C. The number of urea groups is 1. The highest BCUT2D eigenvalue weighted by Crippen LogP contribution is 2.16. The van der Waals surface area contributed by atoms with E-state index in [9.17, 15) is 9.59 Å². The molecule has 1 saturated heterocycles. The smallest absolute Gasteiger partial charge is 0.318 e. The van der Waals surface area contributed by atoms with Crippen molar-refractivity contribution >= 4 is 11.9 Å². The van der Waals surface area contributed by atoms with Crippen LogP contribution in [0.15, 0.2) is 22.8 Å². The second-order valence-electron chi connectivity index (χ2n) is 8.44. The maximum atomic E-state index is 13.1. The second-order valence-corrected chi connectivity index (χ2v) is 8.44. The van der Waals surface area contributed by atoms with Crippen molar-refractivity contribution in [2.24, 2.45) is 0 Å². The van der Waals surface area contributed by atoms with Crippen molar-refractivity contribution in [3.8, 4) is 0 Å². The first-order valence-electron chi connectivity index (χ1n) is 10.3. The molecule has 1 fully saturated rings. The van der Waals surface area contributed by atoms with Crippen LogP contribution >= 0.6 is 0 Å². The molecule has 2 heterocycles. The van der Waals surface area contributed by atoms with Crippen LogP contribution in [0.1, 0.15) is 59.1 Å². The molecule has 158 valence electrons. The molecule has 3 amide bonds. The number of carbonyl (C=O) groups is 2. The largest absolute Gasteiger partial charge is 0.467 e. The number of furan rings is 1. The zero-order valence-corrected chi connectivity index (χ0v) is 17.7. The van der Waals surface area contributed by atoms with Gasteiger partial charge in [-0.15, -0.1) is 0 Å². The van der Waals surface area contributed by atoms with Gasteiger partial charge in [-0.05, 0) is 52.2 Å². The van der Waals surface area contributed by atoms with Gasteiger partial charge in [0.1, 0.15) is 12.3 Å². The Kier molecular flexibility index (Phi) is 8.35. The normalized spacial score (nSPS) is 16.8. The van der Waals surface area contributed by atoms with Crippen molar-refractivity contribution in [2.75, 3.05) is 26.2 Å². The average Bonchev–Trinajstić information content (AvgIpc) is 3.30. The Balaban J connectivity index is 2.06. The molecular weight excluding hydrogens is 358 g/mol. The first-order valence-corrected chi connectivity index (χ1v) is 10.3. The van der Waals surface area contributed by atoms with Crippen molar-refractivity contribution in [1.82, 2.24) is 15.1 Å². The van der Waals surface area contributed by atoms with E-state index in [1.54, 1.807) is 16.1 Å². The van der Waals surface area contributed by atoms with E-state index in [0.29, 0.717) is 19.6 Å². The lowest BCUT2D eigenvalue weighted by Crippen LogP contribution is -2.52. The van der Waals surface area contributed by atoms with Crippen LogP contribution in [0, 0.1) is 0 Å². The molecule has 1 aliphatic heterocycles. The van der Waals surface area contributed by atoms with Gasteiger partial charge in [0.15, 0.2) is 0 Å². The summed E-state index contributed by atoms with van der Waals surface area (Å²) in [4.78, 5) is 29.2. The molecule has 7 nitrogen and oxygen atoms in total. The van der Waals surface area contributed by atoms with Crippen LogP contribution in [-0.4, -0.2) is 59.6 Å². The second kappa shape index (κ2) is 10.5. The van der Waals surface area contributed by atoms with Gasteiger partial charge in [-0.3, -0.25) is 4.79 Å². The summed E-state index contributed by atoms with van der Waals surface area (Å²) in [6, 6.07) is 3.47. The van der Waals surface area contributed by atoms with Crippen LogP contribution < -0.4 is 5.32 Å². The van der Waals surface area contributed by atoms with E-state index in [-0.39, 0.29) is 30.1 Å². The van der Waals surface area contributed by atoms with Gasteiger partial charge >= 0.3 is 6.03 Å². The molecule has 1 aliphatic rings. The molecule has 0 radical (unpaired) electrons. The molecular formula is C21H35N3O4. The number of rotatable bonds is 9. The molecule has 1 unspecified atom stereocenters. The summed E-state index contributed by atoms with van der Waals surface area (Å²) in [6.45, 7) is 10.1. The molecule has 2 rings (SSSR count). The maximum Gasteiger partial charge on any atom is 0.318 e. The van der Waals surface area contributed by atoms with Crippen molar-refractivity contribution in [3.05, 3.63) is 24.2 Å². The molecule has 1 aromatic heterocycles. The fourth-order valence-electron chi connectivity index (χ4n) is 3.14. The third-order valence-electron chi connectivity index (χ3n) is 4.60. The number of unbranched alkanes of at least 4 members (excludes halogenated alkanes) is 1. The molecule has 1 N–H and O–H groups in total. The van der Waals surface area contributed by atoms with Gasteiger partial charge in [0, 0.05) is 25.2 Å². The Bertz CT molecular complexity index is 604. The predicted molar refractivity (Wildman–Crippen MR) is 108 cm³/mol. The van der Waals surface area contributed by atoms with Gasteiger partial charge < -0.3 is 24.3 Å². The van der Waals surface area contributed by atoms with Crippen molar-refractivity contribution in [3.63, 3.8) is 0 Å². The minimum absolute atomic E-state index is 0.0476. The number of carbonyl (C=O) groups excluding carboxylic acids is 2. The summed E-state index contributed by atoms with van der Waals surface area (Å²) in [6.07, 6.45) is 5.44. The topological polar surface area (TPSA) is 75.0 Å². The summed E-state index contributed by atoms with van der Waals surface area (Å²) < 4.78 is 11.2. The molecule has 7 heteroatoms. The summed E-state index contributed by atoms with van der Waals surface area (Å²) in [7, 11) is 0. The van der Waals surface area contributed by atoms with Crippen molar-refractivity contribution < 1.29 is 18.7 Å². The highest BCUT2D eigenvalue weighted by Gasteiger charge is 2.27. The minimum atomic E-state index is -0.351. The summed E-state index contributed by atoms with van der Waals surface area (Å²) in [5, 5.41) is 2.96. The zero-order chi connectivity index (χ0) is 20.6. The van der Waals surface area contributed by atoms with Crippen molar-refractivity contribution in [2.45, 2.75) is 71.6 Å². The molecule has 0 aliphatic carbocycles. The van der Waals surface area contributed by atoms with Gasteiger partial charge in [-0.1, -0.05) is 13.3 Å². The van der Waals surface area contributed by atoms with Crippen LogP contribution in [0.2, 0.25) is 0 Å². The van der Waals surface area contributed by atoms with Gasteiger partial charge in [0.2, 0.25) is 5.91 Å². The van der Waals surface area contributed by atoms with E-state index in [2.05, 4.69) is 12.2 Å². The van der Waals surface area contributed by atoms with E-state index in [1.807, 2.05) is 32.9 Å². The lowest BCUT2D eigenvalue weighted by atomic mass is 10.1. The lowest BCUT2D eigenvalue weighted by molar-refractivity contribution is -0.134. The average molecular weight is 394 g/mol. The predicted octanol–water partition coefficient (Wildman–Crippen LogP) is 3.40. The number of hydrogen-bond acceptors (Lipinski definition) is 4. The van der Waals surface area contributed by atoms with Gasteiger partial charge in [-0.25, -0.2) is 4.79 Å². The number of hydrogen-bond donors (Lipinski definition) is 1. The number of nitrogens with zero attached hydrogens (tertiary/aromatic N) is 2. The van der Waals surface area contributed by atoms with Gasteiger partial charge in [0.25, 0.3) is 0 Å². The molecule has 1 atom stereocenters. The monoisotopic (exact) mass is 393 g/mol. The van der Waals surface area contributed by atoms with Crippen LogP contribution in [0.25, 0.3) is 0 Å². The highest BCUT2D eigenvalue weighted by molar-refractivity contribution is 5.84. The number of ether oxygens (including phenoxy) is 1. The molecule has 28 heavy (non-hydrogen) atoms. The van der Waals surface area contributed by atoms with Crippen molar-refractivity contribution in [1.29, 1.82) is 0 Å². The van der Waals surface area contributed by atoms with Gasteiger partial charge in [-0.2, -0.15) is 0 Å². The fourth-order valence-corrected chi connectivity index (χ4v) is 3.14. The van der Waals surface area contributed by atoms with E-state index < -0.39 is 0 Å². The highest BCUT2D eigenvalue weighted by atomic mass is 16.5. The summed E-state index contributed by atoms with van der Waals surface area (Å²) >= 11 is 0. The quantitative estimate of drug-likeness (QED) is 0.698. The molecule has 0 aromatic carbocycles. The Morgan fingerprint density at radius 1 is 1.29 bits per heavy atom. The Morgan fingerprint density at radius 2 is 2.07 bits per heavy atom. The summed E-state index contributed by atoms with van der Waals surface area (Å²) in [5.41, 5.74) is -0.351. The molecule has 1 aromatic rings. The van der Waals surface area contributed by atoms with Crippen LogP contribution in [0.5, 0.6) is 0 Å². The van der Waals surface area contributed by atoms with Crippen LogP contribution in [0.4, 0.5) is 4.79 Å². The van der Waals surface area contributed by atoms with E-state index in [0.717, 1.165) is 38.1 Å². The molecule has 0 bridgehead atoms. The Hall–Kier alpha value is -2.02. The first kappa shape index (κ1) is 22.3. The summed E-state index contributed by atoms with van der Waals surface area (Å²) in [5.74, 6) is 0.637. The number of nitrogens with one attached hydrogen (secondary N) is 1. The van der Waals surface area contributed by atoms with Crippen LogP contribution in [0.3, 0.4) is 0 Å². The van der Waals surface area contributed by atoms with E-state index >= 15 is 0 Å². The lowest BCUT2D eigenvalue weighted by Gasteiger charge is -2.31. The van der Waals surface area contributed by atoms with E-state index in [4.69, 9.17) is 9.15 Å². The maximum absolute atomic E-state index is 13.1. The third kappa shape index (κ3) is 7.54. The standard InChI is InChI=1S/C21H35N3O4/c1-5-6-11-23(20(26)22-21(2,3)4)16-19(25)24(14-17-9-7-12-27-17)15-18-10-8-13-28-18/h7,9,12,18H,5-6,8,10-11,13-16H2,1-4H3,(H,22,26). The Labute approximate surface area is 168 Å². The van der Waals surface area contributed by atoms with Gasteiger partial charge in [0.05, 0.1) is 18.9 Å². The number of amides is 3. The first-order chi connectivity index (χ1) is 13.3. The fraction of sp³-hybridized carbons (Fsp3) is 0.714. The minimum Gasteiger partial charge on any atom is -0.467 e. The third-order valence-corrected chi connectivity index (χ3v) is 4.60. The molecule has 0 saturated carbocycles. The van der Waals surface area contributed by atoms with Crippen LogP contribution in [-0.2, 0) is 16.1 Å². The Morgan fingerprint density at radius 3 is 2.64 bits per heavy atom. The molecule has 0 spiro atoms. The van der Waals surface area contributed by atoms with E-state index in [1.165, 1.54) is 0 Å². The zero-order valence-electron chi connectivity index (χ0n) is 17.7.